The molecule has 1 rings (SSSR count). The van der Waals surface area contributed by atoms with Gasteiger partial charge in [0.1, 0.15) is 4.88 Å². The Morgan fingerprint density at radius 3 is 3.11 bits per heavy atom. The zero-order chi connectivity index (χ0) is 6.69. The summed E-state index contributed by atoms with van der Waals surface area (Å²) < 4.78 is 0. The molecule has 1 aromatic rings. The molecule has 4 heteroatoms. The number of rotatable bonds is 1. The van der Waals surface area contributed by atoms with Gasteiger partial charge in [0, 0.05) is 7.05 Å². The van der Waals surface area contributed by atoms with Crippen LogP contribution in [0, 0.1) is 0 Å². The molecule has 0 aliphatic carbocycles. The van der Waals surface area contributed by atoms with Crippen molar-refractivity contribution in [3.05, 3.63) is 16.6 Å². The minimum absolute atomic E-state index is 0.0718. The molecule has 3 nitrogen and oxygen atoms in total. The lowest BCUT2D eigenvalue weighted by molar-refractivity contribution is 0.0967. The molecule has 0 aliphatic heterocycles. The van der Waals surface area contributed by atoms with Crippen LogP contribution in [0.1, 0.15) is 9.67 Å². The molecule has 0 fully saturated rings. The van der Waals surface area contributed by atoms with Crippen molar-refractivity contribution in [1.29, 1.82) is 0 Å². The fourth-order valence-corrected chi connectivity index (χ4v) is 1.02. The van der Waals surface area contributed by atoms with Crippen LogP contribution in [-0.4, -0.2) is 17.9 Å². The molecule has 0 aromatic carbocycles. The normalized spacial score (nSPS) is 9.00. The first kappa shape index (κ1) is 6.22. The number of amides is 1. The fraction of sp³-hybridized carbons (Fsp3) is 0.200. The van der Waals surface area contributed by atoms with Crippen molar-refractivity contribution < 1.29 is 4.79 Å². The van der Waals surface area contributed by atoms with Gasteiger partial charge in [0.05, 0.1) is 11.7 Å². The molecule has 1 heterocycles. The molecule has 0 atom stereocenters. The number of thiazole rings is 1. The van der Waals surface area contributed by atoms with E-state index in [4.69, 9.17) is 0 Å². The molecule has 48 valence electrons. The molecule has 0 bridgehead atoms. The van der Waals surface area contributed by atoms with E-state index < -0.39 is 0 Å². The Labute approximate surface area is 56.7 Å². The standard InChI is InChI=1S/C5H6N2OS/c1-6-5(8)4-2-7-3-9-4/h2-3H,1H3,(H,6,8). The Morgan fingerprint density at radius 1 is 1.89 bits per heavy atom. The molecule has 0 radical (unpaired) electrons. The highest BCUT2D eigenvalue weighted by atomic mass is 32.1. The Morgan fingerprint density at radius 2 is 2.67 bits per heavy atom. The van der Waals surface area contributed by atoms with E-state index in [1.165, 1.54) is 11.3 Å². The van der Waals surface area contributed by atoms with Crippen molar-refractivity contribution in [2.24, 2.45) is 0 Å². The SMILES string of the molecule is CNC(=O)c1cncs1. The number of nitrogens with zero attached hydrogens (tertiary/aromatic N) is 1. The Hall–Kier alpha value is -0.900. The summed E-state index contributed by atoms with van der Waals surface area (Å²) in [5.41, 5.74) is 1.63. The largest absolute Gasteiger partial charge is 0.354 e. The third-order valence-electron chi connectivity index (χ3n) is 0.883. The number of carbonyl (C=O) groups excluding carboxylic acids is 1. The third-order valence-corrected chi connectivity index (χ3v) is 1.66. The molecular weight excluding hydrogens is 136 g/mol. The molecular formula is C5H6N2OS. The predicted molar refractivity (Wildman–Crippen MR) is 35.5 cm³/mol. The van der Waals surface area contributed by atoms with Gasteiger partial charge in [-0.2, -0.15) is 0 Å². The van der Waals surface area contributed by atoms with E-state index in [9.17, 15) is 4.79 Å². The van der Waals surface area contributed by atoms with E-state index in [1.807, 2.05) is 0 Å². The Bertz CT molecular complexity index is 195. The molecule has 0 saturated heterocycles. The fourth-order valence-electron chi connectivity index (χ4n) is 0.451. The average Bonchev–Trinajstić information content (AvgIpc) is 2.37. The van der Waals surface area contributed by atoms with Crippen molar-refractivity contribution in [2.45, 2.75) is 0 Å². The van der Waals surface area contributed by atoms with Crippen LogP contribution in [0.5, 0.6) is 0 Å². The zero-order valence-electron chi connectivity index (χ0n) is 4.92. The van der Waals surface area contributed by atoms with Crippen LogP contribution in [0.2, 0.25) is 0 Å². The van der Waals surface area contributed by atoms with Crippen LogP contribution in [0.15, 0.2) is 11.7 Å². The summed E-state index contributed by atoms with van der Waals surface area (Å²) in [4.78, 5) is 15.1. The lowest BCUT2D eigenvalue weighted by atomic mass is 10.5. The molecule has 1 N–H and O–H groups in total. The van der Waals surface area contributed by atoms with Crippen LogP contribution in [0.25, 0.3) is 0 Å². The summed E-state index contributed by atoms with van der Waals surface area (Å²) in [5.74, 6) is -0.0718. The van der Waals surface area contributed by atoms with Crippen LogP contribution < -0.4 is 5.32 Å². The predicted octanol–water partition coefficient (Wildman–Crippen LogP) is 0.503. The minimum atomic E-state index is -0.0718. The quantitative estimate of drug-likeness (QED) is 0.620. The van der Waals surface area contributed by atoms with Gasteiger partial charge in [0.25, 0.3) is 5.91 Å². The molecule has 9 heavy (non-hydrogen) atoms. The van der Waals surface area contributed by atoms with E-state index in [0.29, 0.717) is 4.88 Å². The maximum absolute atomic E-state index is 10.7. The van der Waals surface area contributed by atoms with E-state index in [-0.39, 0.29) is 5.91 Å². The van der Waals surface area contributed by atoms with Crippen molar-refractivity contribution in [3.63, 3.8) is 0 Å². The monoisotopic (exact) mass is 142 g/mol. The first-order valence-electron chi connectivity index (χ1n) is 2.45. The van der Waals surface area contributed by atoms with Gasteiger partial charge in [-0.15, -0.1) is 11.3 Å². The highest BCUT2D eigenvalue weighted by Crippen LogP contribution is 2.03. The lowest BCUT2D eigenvalue weighted by Gasteiger charge is -1.89. The second-order valence-corrected chi connectivity index (χ2v) is 2.33. The van der Waals surface area contributed by atoms with Crippen LogP contribution in [0.4, 0.5) is 0 Å². The van der Waals surface area contributed by atoms with Crippen molar-refractivity contribution in [1.82, 2.24) is 10.3 Å². The van der Waals surface area contributed by atoms with Crippen LogP contribution in [0.3, 0.4) is 0 Å². The highest BCUT2D eigenvalue weighted by molar-refractivity contribution is 7.11. The van der Waals surface area contributed by atoms with Gasteiger partial charge < -0.3 is 5.32 Å². The highest BCUT2D eigenvalue weighted by Gasteiger charge is 2.01. The summed E-state index contributed by atoms with van der Waals surface area (Å²) in [5, 5.41) is 2.50. The molecule has 0 saturated carbocycles. The second kappa shape index (κ2) is 2.59. The van der Waals surface area contributed by atoms with Crippen molar-refractivity contribution >= 4 is 17.2 Å². The van der Waals surface area contributed by atoms with Crippen molar-refractivity contribution in [3.8, 4) is 0 Å². The van der Waals surface area contributed by atoms with Crippen LogP contribution >= 0.6 is 11.3 Å². The molecule has 0 spiro atoms. The lowest BCUT2D eigenvalue weighted by Crippen LogP contribution is -2.15. The number of hydrogen-bond donors (Lipinski definition) is 1. The summed E-state index contributed by atoms with van der Waals surface area (Å²) in [6.45, 7) is 0. The first-order valence-corrected chi connectivity index (χ1v) is 3.33. The van der Waals surface area contributed by atoms with Gasteiger partial charge in [-0.05, 0) is 0 Å². The zero-order valence-corrected chi connectivity index (χ0v) is 5.73. The number of nitrogens with one attached hydrogen (secondary N) is 1. The van der Waals surface area contributed by atoms with Gasteiger partial charge in [0.15, 0.2) is 0 Å². The van der Waals surface area contributed by atoms with E-state index in [2.05, 4.69) is 10.3 Å². The molecule has 1 amide bonds. The Kier molecular flexibility index (Phi) is 1.79. The number of carbonyl (C=O) groups is 1. The number of aromatic nitrogens is 1. The summed E-state index contributed by atoms with van der Waals surface area (Å²) in [7, 11) is 1.60. The maximum Gasteiger partial charge on any atom is 0.262 e. The summed E-state index contributed by atoms with van der Waals surface area (Å²) in [6.07, 6.45) is 1.55. The van der Waals surface area contributed by atoms with Gasteiger partial charge in [-0.25, -0.2) is 0 Å². The van der Waals surface area contributed by atoms with Gasteiger partial charge in [-0.3, -0.25) is 9.78 Å². The van der Waals surface area contributed by atoms with Gasteiger partial charge in [0.2, 0.25) is 0 Å². The molecule has 0 aliphatic rings. The smallest absolute Gasteiger partial charge is 0.262 e. The molecule has 0 unspecified atom stereocenters. The third kappa shape index (κ3) is 1.26. The van der Waals surface area contributed by atoms with E-state index in [0.717, 1.165) is 0 Å². The summed E-state index contributed by atoms with van der Waals surface area (Å²) >= 11 is 1.33. The van der Waals surface area contributed by atoms with E-state index in [1.54, 1.807) is 18.8 Å². The average molecular weight is 142 g/mol. The Balaban J connectivity index is 2.77. The minimum Gasteiger partial charge on any atom is -0.354 e. The van der Waals surface area contributed by atoms with Gasteiger partial charge >= 0.3 is 0 Å². The van der Waals surface area contributed by atoms with Gasteiger partial charge in [-0.1, -0.05) is 0 Å². The molecule has 1 aromatic heterocycles. The topological polar surface area (TPSA) is 42.0 Å². The summed E-state index contributed by atoms with van der Waals surface area (Å²) in [6, 6.07) is 0. The number of hydrogen-bond acceptors (Lipinski definition) is 3. The van der Waals surface area contributed by atoms with Crippen LogP contribution in [-0.2, 0) is 0 Å². The van der Waals surface area contributed by atoms with Crippen molar-refractivity contribution in [2.75, 3.05) is 7.05 Å². The second-order valence-electron chi connectivity index (χ2n) is 1.44. The van der Waals surface area contributed by atoms with E-state index >= 15 is 0 Å². The first-order chi connectivity index (χ1) is 4.34. The maximum atomic E-state index is 10.7.